The highest BCUT2D eigenvalue weighted by Gasteiger charge is 2.23. The Kier molecular flexibility index (Phi) is 5.36. The van der Waals surface area contributed by atoms with Gasteiger partial charge in [-0.3, -0.25) is 0 Å². The van der Waals surface area contributed by atoms with Crippen LogP contribution in [0.15, 0.2) is 53.4 Å². The first-order valence-corrected chi connectivity index (χ1v) is 9.55. The largest absolute Gasteiger partial charge is 0.378 e. The maximum atomic E-state index is 13.4. The normalized spacial score (nSPS) is 15.6. The van der Waals surface area contributed by atoms with E-state index in [-0.39, 0.29) is 11.4 Å². The molecule has 0 aliphatic carbocycles. The standard InChI is InChI=1S/C18H21FN2O3S/c1-20(25(22,23)17-7-4-6-16(19)13-17)14-15-5-2-3-8-18(15)21-9-11-24-12-10-21/h2-8,13H,9-12,14H2,1H3. The number of ether oxygens (including phenoxy) is 1. The molecule has 0 radical (unpaired) electrons. The van der Waals surface area contributed by atoms with Gasteiger partial charge in [0.15, 0.2) is 0 Å². The number of anilines is 1. The minimum absolute atomic E-state index is 0.0427. The van der Waals surface area contributed by atoms with Crippen LogP contribution in [0.3, 0.4) is 0 Å². The predicted molar refractivity (Wildman–Crippen MR) is 94.5 cm³/mol. The van der Waals surface area contributed by atoms with Crippen LogP contribution in [-0.4, -0.2) is 46.1 Å². The monoisotopic (exact) mass is 364 g/mol. The zero-order valence-corrected chi connectivity index (χ0v) is 14.9. The first-order chi connectivity index (χ1) is 12.0. The van der Waals surface area contributed by atoms with Crippen molar-refractivity contribution in [1.29, 1.82) is 0 Å². The smallest absolute Gasteiger partial charge is 0.243 e. The molecule has 7 heteroatoms. The highest BCUT2D eigenvalue weighted by molar-refractivity contribution is 7.89. The summed E-state index contributed by atoms with van der Waals surface area (Å²) in [6, 6.07) is 12.8. The van der Waals surface area contributed by atoms with Crippen LogP contribution in [0, 0.1) is 5.82 Å². The van der Waals surface area contributed by atoms with E-state index in [0.29, 0.717) is 13.2 Å². The summed E-state index contributed by atoms with van der Waals surface area (Å²) in [5, 5.41) is 0. The topological polar surface area (TPSA) is 49.9 Å². The van der Waals surface area contributed by atoms with E-state index >= 15 is 0 Å². The lowest BCUT2D eigenvalue weighted by Gasteiger charge is -2.31. The Hall–Kier alpha value is -1.96. The third kappa shape index (κ3) is 4.00. The molecule has 0 amide bonds. The van der Waals surface area contributed by atoms with E-state index in [4.69, 9.17) is 4.74 Å². The molecule has 1 aliphatic rings. The van der Waals surface area contributed by atoms with Gasteiger partial charge in [0.25, 0.3) is 0 Å². The van der Waals surface area contributed by atoms with Gasteiger partial charge in [-0.05, 0) is 29.8 Å². The van der Waals surface area contributed by atoms with Crippen molar-refractivity contribution in [2.24, 2.45) is 0 Å². The fourth-order valence-corrected chi connectivity index (χ4v) is 4.07. The van der Waals surface area contributed by atoms with E-state index in [1.165, 1.54) is 29.6 Å². The average molecular weight is 364 g/mol. The van der Waals surface area contributed by atoms with Crippen molar-refractivity contribution >= 4 is 15.7 Å². The number of hydrogen-bond acceptors (Lipinski definition) is 4. The second kappa shape index (κ2) is 7.51. The summed E-state index contributed by atoms with van der Waals surface area (Å²) in [5.41, 5.74) is 1.92. The van der Waals surface area contributed by atoms with Gasteiger partial charge < -0.3 is 9.64 Å². The van der Waals surface area contributed by atoms with Gasteiger partial charge >= 0.3 is 0 Å². The lowest BCUT2D eigenvalue weighted by Crippen LogP contribution is -2.37. The Morgan fingerprint density at radius 2 is 1.84 bits per heavy atom. The molecule has 134 valence electrons. The molecule has 0 bridgehead atoms. The van der Waals surface area contributed by atoms with E-state index in [0.717, 1.165) is 30.4 Å². The van der Waals surface area contributed by atoms with Crippen molar-refractivity contribution in [1.82, 2.24) is 4.31 Å². The fourth-order valence-electron chi connectivity index (χ4n) is 2.89. The van der Waals surface area contributed by atoms with Gasteiger partial charge in [0, 0.05) is 32.4 Å². The van der Waals surface area contributed by atoms with E-state index < -0.39 is 15.8 Å². The number of benzene rings is 2. The summed E-state index contributed by atoms with van der Waals surface area (Å²) in [6.07, 6.45) is 0. The molecule has 5 nitrogen and oxygen atoms in total. The minimum atomic E-state index is -3.76. The first-order valence-electron chi connectivity index (χ1n) is 8.11. The van der Waals surface area contributed by atoms with Crippen molar-refractivity contribution < 1.29 is 17.5 Å². The van der Waals surface area contributed by atoms with Gasteiger partial charge in [0.2, 0.25) is 10.0 Å². The van der Waals surface area contributed by atoms with Gasteiger partial charge in [-0.1, -0.05) is 24.3 Å². The van der Waals surface area contributed by atoms with Crippen LogP contribution in [0.4, 0.5) is 10.1 Å². The van der Waals surface area contributed by atoms with Crippen LogP contribution in [0.5, 0.6) is 0 Å². The van der Waals surface area contributed by atoms with Gasteiger partial charge in [0.05, 0.1) is 18.1 Å². The average Bonchev–Trinajstić information content (AvgIpc) is 2.63. The zero-order chi connectivity index (χ0) is 17.9. The lowest BCUT2D eigenvalue weighted by molar-refractivity contribution is 0.122. The van der Waals surface area contributed by atoms with Crippen molar-refractivity contribution in [2.75, 3.05) is 38.3 Å². The quantitative estimate of drug-likeness (QED) is 0.818. The Bertz CT molecular complexity index is 836. The zero-order valence-electron chi connectivity index (χ0n) is 14.1. The van der Waals surface area contributed by atoms with Crippen LogP contribution in [0.25, 0.3) is 0 Å². The molecule has 2 aromatic rings. The van der Waals surface area contributed by atoms with Crippen LogP contribution in [0.2, 0.25) is 0 Å². The highest BCUT2D eigenvalue weighted by atomic mass is 32.2. The number of rotatable bonds is 5. The number of para-hydroxylation sites is 1. The third-order valence-electron chi connectivity index (χ3n) is 4.24. The molecule has 1 aliphatic heterocycles. The second-order valence-electron chi connectivity index (χ2n) is 5.95. The van der Waals surface area contributed by atoms with E-state index in [1.807, 2.05) is 24.3 Å². The molecule has 0 N–H and O–H groups in total. The van der Waals surface area contributed by atoms with E-state index in [1.54, 1.807) is 0 Å². The van der Waals surface area contributed by atoms with Crippen LogP contribution >= 0.6 is 0 Å². The van der Waals surface area contributed by atoms with Gasteiger partial charge in [-0.15, -0.1) is 0 Å². The minimum Gasteiger partial charge on any atom is -0.378 e. The molecular weight excluding hydrogens is 343 g/mol. The number of nitrogens with zero attached hydrogens (tertiary/aromatic N) is 2. The summed E-state index contributed by atoms with van der Waals surface area (Å²) < 4.78 is 45.4. The van der Waals surface area contributed by atoms with E-state index in [2.05, 4.69) is 4.90 Å². The molecule has 2 aromatic carbocycles. The molecule has 1 saturated heterocycles. The maximum Gasteiger partial charge on any atom is 0.243 e. The maximum absolute atomic E-state index is 13.4. The molecule has 3 rings (SSSR count). The van der Waals surface area contributed by atoms with Gasteiger partial charge in [-0.2, -0.15) is 4.31 Å². The third-order valence-corrected chi connectivity index (χ3v) is 6.04. The SMILES string of the molecule is CN(Cc1ccccc1N1CCOCC1)S(=O)(=O)c1cccc(F)c1. The van der Waals surface area contributed by atoms with Crippen molar-refractivity contribution in [3.8, 4) is 0 Å². The molecule has 0 atom stereocenters. The first kappa shape index (κ1) is 17.8. The summed E-state index contributed by atoms with van der Waals surface area (Å²) in [7, 11) is -2.25. The Labute approximate surface area is 147 Å². The van der Waals surface area contributed by atoms with E-state index in [9.17, 15) is 12.8 Å². The Morgan fingerprint density at radius 3 is 2.56 bits per heavy atom. The molecule has 0 saturated carbocycles. The van der Waals surface area contributed by atoms with Gasteiger partial charge in [0.1, 0.15) is 5.82 Å². The van der Waals surface area contributed by atoms with Crippen molar-refractivity contribution in [3.63, 3.8) is 0 Å². The summed E-state index contributed by atoms with van der Waals surface area (Å²) >= 11 is 0. The number of halogens is 1. The highest BCUT2D eigenvalue weighted by Crippen LogP contribution is 2.25. The van der Waals surface area contributed by atoms with Crippen LogP contribution in [0.1, 0.15) is 5.56 Å². The predicted octanol–water partition coefficient (Wildman–Crippen LogP) is 2.48. The van der Waals surface area contributed by atoms with Crippen molar-refractivity contribution in [3.05, 3.63) is 59.9 Å². The number of morpholine rings is 1. The molecule has 0 spiro atoms. The summed E-state index contributed by atoms with van der Waals surface area (Å²) in [5.74, 6) is -0.566. The summed E-state index contributed by atoms with van der Waals surface area (Å²) in [4.78, 5) is 2.15. The number of hydrogen-bond donors (Lipinski definition) is 0. The molecule has 25 heavy (non-hydrogen) atoms. The second-order valence-corrected chi connectivity index (χ2v) is 7.99. The Balaban J connectivity index is 1.84. The molecule has 0 aromatic heterocycles. The van der Waals surface area contributed by atoms with Crippen LogP contribution in [-0.2, 0) is 21.3 Å². The van der Waals surface area contributed by atoms with Crippen molar-refractivity contribution in [2.45, 2.75) is 11.4 Å². The molecule has 1 fully saturated rings. The van der Waals surface area contributed by atoms with Gasteiger partial charge in [-0.25, -0.2) is 12.8 Å². The molecule has 0 unspecified atom stereocenters. The summed E-state index contributed by atoms with van der Waals surface area (Å²) in [6.45, 7) is 3.08. The number of sulfonamides is 1. The fraction of sp³-hybridized carbons (Fsp3) is 0.333. The lowest BCUT2D eigenvalue weighted by atomic mass is 10.1. The Morgan fingerprint density at radius 1 is 1.12 bits per heavy atom. The molecular formula is C18H21FN2O3S. The van der Waals surface area contributed by atoms with Crippen LogP contribution < -0.4 is 4.90 Å². The molecule has 1 heterocycles.